The summed E-state index contributed by atoms with van der Waals surface area (Å²) in [5, 5.41) is 2.68. The van der Waals surface area contributed by atoms with Gasteiger partial charge in [0.25, 0.3) is 15.9 Å². The van der Waals surface area contributed by atoms with E-state index in [1.807, 2.05) is 32.0 Å². The van der Waals surface area contributed by atoms with E-state index < -0.39 is 10.0 Å². The number of amides is 1. The molecule has 0 atom stereocenters. The van der Waals surface area contributed by atoms with Crippen molar-refractivity contribution in [1.29, 1.82) is 0 Å². The summed E-state index contributed by atoms with van der Waals surface area (Å²) in [7, 11) is -3.82. The number of carbonyl (C=O) groups excluding carboxylic acids is 1. The largest absolute Gasteiger partial charge is 0.484 e. The predicted octanol–water partition coefficient (Wildman–Crippen LogP) is 3.53. The molecule has 0 spiro atoms. The third-order valence-corrected chi connectivity index (χ3v) is 5.59. The number of hydrogen-bond acceptors (Lipinski definition) is 6. The number of nitrogens with one attached hydrogen (secondary N) is 2. The van der Waals surface area contributed by atoms with Crippen molar-refractivity contribution in [2.45, 2.75) is 32.6 Å². The van der Waals surface area contributed by atoms with Crippen LogP contribution in [-0.4, -0.2) is 30.9 Å². The fourth-order valence-corrected chi connectivity index (χ4v) is 4.04. The maximum atomic E-state index is 12.6. The molecule has 0 aliphatic rings. The van der Waals surface area contributed by atoms with Crippen LogP contribution < -0.4 is 14.8 Å². The van der Waals surface area contributed by atoms with Crippen LogP contribution in [0.15, 0.2) is 53.4 Å². The van der Waals surface area contributed by atoms with Gasteiger partial charge in [-0.05, 0) is 75.2 Å². The molecule has 9 heteroatoms. The average Bonchev–Trinajstić information content (AvgIpc) is 2.65. The van der Waals surface area contributed by atoms with Gasteiger partial charge in [-0.25, -0.2) is 18.4 Å². The first kappa shape index (κ1) is 22.2. The van der Waals surface area contributed by atoms with Gasteiger partial charge >= 0.3 is 0 Å². The number of hydrogen-bond donors (Lipinski definition) is 2. The van der Waals surface area contributed by atoms with Crippen LogP contribution in [-0.2, 0) is 14.8 Å². The van der Waals surface area contributed by atoms with Crippen LogP contribution in [0.4, 0.5) is 11.5 Å². The van der Waals surface area contributed by atoms with E-state index in [2.05, 4.69) is 20.0 Å². The summed E-state index contributed by atoms with van der Waals surface area (Å²) in [6.45, 7) is 7.20. The zero-order valence-electron chi connectivity index (χ0n) is 17.8. The molecule has 0 aliphatic heterocycles. The van der Waals surface area contributed by atoms with Crippen LogP contribution in [0.25, 0.3) is 0 Å². The zero-order chi connectivity index (χ0) is 22.6. The molecule has 3 rings (SSSR count). The van der Waals surface area contributed by atoms with Crippen LogP contribution in [0.3, 0.4) is 0 Å². The van der Waals surface area contributed by atoms with Crippen molar-refractivity contribution in [3.8, 4) is 5.75 Å². The number of nitrogens with zero attached hydrogens (tertiary/aromatic N) is 2. The van der Waals surface area contributed by atoms with Gasteiger partial charge in [-0.2, -0.15) is 0 Å². The zero-order valence-corrected chi connectivity index (χ0v) is 18.6. The van der Waals surface area contributed by atoms with Crippen LogP contribution in [0.2, 0.25) is 0 Å². The normalized spacial score (nSPS) is 11.1. The Morgan fingerprint density at radius 2 is 1.58 bits per heavy atom. The molecule has 0 aliphatic carbocycles. The van der Waals surface area contributed by atoms with E-state index >= 15 is 0 Å². The number of carbonyl (C=O) groups is 1. The maximum Gasteiger partial charge on any atom is 0.263 e. The van der Waals surface area contributed by atoms with Crippen molar-refractivity contribution in [2.24, 2.45) is 0 Å². The van der Waals surface area contributed by atoms with Crippen LogP contribution in [0.1, 0.15) is 22.6 Å². The van der Waals surface area contributed by atoms with Crippen molar-refractivity contribution in [3.63, 3.8) is 0 Å². The molecular weight excluding hydrogens is 416 g/mol. The molecule has 0 radical (unpaired) electrons. The predicted molar refractivity (Wildman–Crippen MR) is 119 cm³/mol. The maximum absolute atomic E-state index is 12.6. The Morgan fingerprint density at radius 1 is 0.935 bits per heavy atom. The molecule has 3 aromatic rings. The second-order valence-corrected chi connectivity index (χ2v) is 8.91. The molecule has 0 saturated heterocycles. The Balaban J connectivity index is 1.61. The minimum Gasteiger partial charge on any atom is -0.484 e. The van der Waals surface area contributed by atoms with E-state index in [-0.39, 0.29) is 23.2 Å². The summed E-state index contributed by atoms with van der Waals surface area (Å²) in [6, 6.07) is 13.1. The number of rotatable bonds is 7. The molecule has 1 amide bonds. The van der Waals surface area contributed by atoms with E-state index in [9.17, 15) is 13.2 Å². The number of anilines is 2. The Kier molecular flexibility index (Phi) is 6.55. The van der Waals surface area contributed by atoms with E-state index in [0.29, 0.717) is 23.0 Å². The molecule has 2 N–H and O–H groups in total. The lowest BCUT2D eigenvalue weighted by molar-refractivity contribution is -0.118. The molecule has 1 aromatic heterocycles. The summed E-state index contributed by atoms with van der Waals surface area (Å²) in [5.74, 6) is 0.944. The average molecular weight is 441 g/mol. The number of benzene rings is 2. The third-order valence-electron chi connectivity index (χ3n) is 4.22. The lowest BCUT2D eigenvalue weighted by atomic mass is 10.1. The van der Waals surface area contributed by atoms with Gasteiger partial charge in [0.2, 0.25) is 0 Å². The minimum atomic E-state index is -3.82. The van der Waals surface area contributed by atoms with Crippen molar-refractivity contribution >= 4 is 27.4 Å². The topological polar surface area (TPSA) is 110 Å². The van der Waals surface area contributed by atoms with E-state index in [1.165, 1.54) is 24.3 Å². The molecule has 0 saturated carbocycles. The van der Waals surface area contributed by atoms with E-state index in [0.717, 1.165) is 11.1 Å². The number of aromatic nitrogens is 2. The smallest absolute Gasteiger partial charge is 0.263 e. The lowest BCUT2D eigenvalue weighted by Gasteiger charge is -2.11. The standard InChI is InChI=1S/C22H24N4O4S/c1-14-9-15(2)11-19(10-14)30-13-22(27)25-18-5-7-20(8-6-18)31(28,29)26-21-12-16(3)23-17(4)24-21/h5-12H,13H2,1-4H3,(H,25,27)(H,23,24,26). The lowest BCUT2D eigenvalue weighted by Crippen LogP contribution is -2.20. The molecule has 31 heavy (non-hydrogen) atoms. The number of ether oxygens (including phenoxy) is 1. The Hall–Kier alpha value is -3.46. The van der Waals surface area contributed by atoms with Gasteiger partial charge in [-0.3, -0.25) is 9.52 Å². The molecule has 0 fully saturated rings. The van der Waals surface area contributed by atoms with Gasteiger partial charge in [0.15, 0.2) is 6.61 Å². The van der Waals surface area contributed by atoms with E-state index in [1.54, 1.807) is 19.9 Å². The fourth-order valence-electron chi connectivity index (χ4n) is 3.05. The monoisotopic (exact) mass is 440 g/mol. The molecule has 8 nitrogen and oxygen atoms in total. The SMILES string of the molecule is Cc1cc(C)cc(OCC(=O)Nc2ccc(S(=O)(=O)Nc3cc(C)nc(C)n3)cc2)c1. The number of aryl methyl sites for hydroxylation is 4. The van der Waals surface area contributed by atoms with Gasteiger partial charge in [0, 0.05) is 17.4 Å². The van der Waals surface area contributed by atoms with Crippen molar-refractivity contribution in [1.82, 2.24) is 9.97 Å². The summed E-state index contributed by atoms with van der Waals surface area (Å²) in [6.07, 6.45) is 0. The molecule has 0 unspecified atom stereocenters. The molecule has 1 heterocycles. The summed E-state index contributed by atoms with van der Waals surface area (Å²) in [4.78, 5) is 20.4. The first-order valence-corrected chi connectivity index (χ1v) is 11.1. The minimum absolute atomic E-state index is 0.0471. The molecule has 2 aromatic carbocycles. The second-order valence-electron chi connectivity index (χ2n) is 7.23. The quantitative estimate of drug-likeness (QED) is 0.582. The Morgan fingerprint density at radius 3 is 2.19 bits per heavy atom. The van der Waals surface area contributed by atoms with Crippen molar-refractivity contribution in [2.75, 3.05) is 16.6 Å². The first-order valence-electron chi connectivity index (χ1n) is 9.57. The highest BCUT2D eigenvalue weighted by Gasteiger charge is 2.16. The molecule has 162 valence electrons. The Bertz CT molecular complexity index is 1170. The van der Waals surface area contributed by atoms with Gasteiger partial charge in [-0.1, -0.05) is 6.07 Å². The van der Waals surface area contributed by atoms with Crippen LogP contribution in [0.5, 0.6) is 5.75 Å². The third kappa shape index (κ3) is 6.26. The van der Waals surface area contributed by atoms with Crippen LogP contribution in [0, 0.1) is 27.7 Å². The Labute approximate surface area is 181 Å². The highest BCUT2D eigenvalue weighted by atomic mass is 32.2. The van der Waals surface area contributed by atoms with Gasteiger partial charge in [-0.15, -0.1) is 0 Å². The van der Waals surface area contributed by atoms with E-state index in [4.69, 9.17) is 4.74 Å². The van der Waals surface area contributed by atoms with Crippen LogP contribution >= 0.6 is 0 Å². The van der Waals surface area contributed by atoms with Crippen molar-refractivity contribution in [3.05, 3.63) is 71.2 Å². The van der Waals surface area contributed by atoms with Gasteiger partial charge in [0.05, 0.1) is 4.90 Å². The highest BCUT2D eigenvalue weighted by molar-refractivity contribution is 7.92. The molecule has 0 bridgehead atoms. The summed E-state index contributed by atoms with van der Waals surface area (Å²) >= 11 is 0. The fraction of sp³-hybridized carbons (Fsp3) is 0.227. The van der Waals surface area contributed by atoms with Gasteiger partial charge < -0.3 is 10.1 Å². The highest BCUT2D eigenvalue weighted by Crippen LogP contribution is 2.19. The second kappa shape index (κ2) is 9.13. The first-order chi connectivity index (χ1) is 14.6. The number of sulfonamides is 1. The van der Waals surface area contributed by atoms with Gasteiger partial charge in [0.1, 0.15) is 17.4 Å². The summed E-state index contributed by atoms with van der Waals surface area (Å²) in [5.41, 5.74) is 3.22. The molecular formula is C22H24N4O4S. The van der Waals surface area contributed by atoms with Crippen molar-refractivity contribution < 1.29 is 17.9 Å². The summed E-state index contributed by atoms with van der Waals surface area (Å²) < 4.78 is 33.2.